The maximum atomic E-state index is 5.60. The van der Waals surface area contributed by atoms with Crippen LogP contribution in [-0.4, -0.2) is 43.7 Å². The molecule has 1 atom stereocenters. The van der Waals surface area contributed by atoms with Crippen LogP contribution < -0.4 is 5.32 Å². The average molecular weight is 388 g/mol. The Morgan fingerprint density at radius 3 is 2.93 bits per heavy atom. The van der Waals surface area contributed by atoms with Crippen LogP contribution in [0.5, 0.6) is 0 Å². The molecule has 4 rings (SSSR count). The van der Waals surface area contributed by atoms with Crippen LogP contribution in [0.15, 0.2) is 45.3 Å². The van der Waals surface area contributed by atoms with Crippen molar-refractivity contribution in [3.8, 4) is 0 Å². The molecule has 146 valence electrons. The summed E-state index contributed by atoms with van der Waals surface area (Å²) in [5.41, 5.74) is 0.411. The molecule has 0 saturated carbocycles. The summed E-state index contributed by atoms with van der Waals surface area (Å²) in [6.45, 7) is 6.91. The van der Waals surface area contributed by atoms with Gasteiger partial charge in [0.1, 0.15) is 5.76 Å². The zero-order valence-corrected chi connectivity index (χ0v) is 16.8. The summed E-state index contributed by atoms with van der Waals surface area (Å²) < 4.78 is 11.1. The van der Waals surface area contributed by atoms with E-state index in [1.165, 1.54) is 24.1 Å². The van der Waals surface area contributed by atoms with E-state index in [4.69, 9.17) is 14.1 Å². The Labute approximate surface area is 165 Å². The third-order valence-corrected chi connectivity index (χ3v) is 6.86. The maximum absolute atomic E-state index is 5.60. The second-order valence-electron chi connectivity index (χ2n) is 7.70. The first-order valence-corrected chi connectivity index (χ1v) is 10.8. The number of rotatable bonds is 5. The summed E-state index contributed by atoms with van der Waals surface area (Å²) in [6, 6.07) is 8.51. The Kier molecular flexibility index (Phi) is 5.83. The highest BCUT2D eigenvalue weighted by molar-refractivity contribution is 7.10. The van der Waals surface area contributed by atoms with Crippen LogP contribution >= 0.6 is 11.3 Å². The Morgan fingerprint density at radius 1 is 1.30 bits per heavy atom. The first-order chi connectivity index (χ1) is 13.2. The summed E-state index contributed by atoms with van der Waals surface area (Å²) in [4.78, 5) is 8.75. The lowest BCUT2D eigenvalue weighted by Crippen LogP contribution is -2.43. The third-order valence-electron chi connectivity index (χ3n) is 5.81. The average Bonchev–Trinajstić information content (AvgIpc) is 3.44. The van der Waals surface area contributed by atoms with Gasteiger partial charge in [-0.05, 0) is 55.2 Å². The summed E-state index contributed by atoms with van der Waals surface area (Å²) in [5.74, 6) is 2.03. The monoisotopic (exact) mass is 387 g/mol. The van der Waals surface area contributed by atoms with Gasteiger partial charge in [0, 0.05) is 44.1 Å². The number of guanidine groups is 1. The van der Waals surface area contributed by atoms with Gasteiger partial charge in [-0.25, -0.2) is 0 Å². The second kappa shape index (κ2) is 8.48. The van der Waals surface area contributed by atoms with E-state index >= 15 is 0 Å². The Bertz CT molecular complexity index is 721. The Morgan fingerprint density at radius 2 is 2.19 bits per heavy atom. The summed E-state index contributed by atoms with van der Waals surface area (Å²) in [6.07, 6.45) is 6.14. The van der Waals surface area contributed by atoms with Crippen LogP contribution in [0.2, 0.25) is 0 Å². The lowest BCUT2D eigenvalue weighted by atomic mass is 9.80. The molecule has 6 heteroatoms. The van der Waals surface area contributed by atoms with E-state index in [9.17, 15) is 0 Å². The van der Waals surface area contributed by atoms with Crippen molar-refractivity contribution in [2.24, 2.45) is 10.4 Å². The first-order valence-electron chi connectivity index (χ1n) is 9.94. The molecule has 5 nitrogen and oxygen atoms in total. The van der Waals surface area contributed by atoms with Gasteiger partial charge in [0.05, 0.1) is 12.3 Å². The van der Waals surface area contributed by atoms with Gasteiger partial charge in [0.25, 0.3) is 0 Å². The lowest BCUT2D eigenvalue weighted by molar-refractivity contribution is 0.0217. The molecule has 27 heavy (non-hydrogen) atoms. The number of nitrogens with zero attached hydrogens (tertiary/aromatic N) is 2. The van der Waals surface area contributed by atoms with Crippen molar-refractivity contribution in [1.29, 1.82) is 0 Å². The highest BCUT2D eigenvalue weighted by Crippen LogP contribution is 2.39. The van der Waals surface area contributed by atoms with Gasteiger partial charge in [-0.1, -0.05) is 6.07 Å². The smallest absolute Gasteiger partial charge is 0.194 e. The minimum absolute atomic E-state index is 0.263. The van der Waals surface area contributed by atoms with Gasteiger partial charge in [0.2, 0.25) is 0 Å². The summed E-state index contributed by atoms with van der Waals surface area (Å²) in [7, 11) is 0. The van der Waals surface area contributed by atoms with E-state index in [1.807, 2.05) is 12.1 Å². The molecule has 2 aliphatic heterocycles. The van der Waals surface area contributed by atoms with Crippen LogP contribution in [0.3, 0.4) is 0 Å². The van der Waals surface area contributed by atoms with Crippen molar-refractivity contribution in [1.82, 2.24) is 10.2 Å². The number of likely N-dealkylation sites (tertiary alicyclic amines) is 1. The molecule has 2 aromatic rings. The predicted molar refractivity (Wildman–Crippen MR) is 109 cm³/mol. The molecule has 2 aliphatic rings. The topological polar surface area (TPSA) is 50.0 Å². The summed E-state index contributed by atoms with van der Waals surface area (Å²) in [5, 5.41) is 5.82. The van der Waals surface area contributed by atoms with E-state index in [1.54, 1.807) is 17.6 Å². The van der Waals surface area contributed by atoms with Crippen LogP contribution in [0, 0.1) is 5.41 Å². The molecule has 1 N–H and O–H groups in total. The number of aliphatic imine (C=N–C) groups is 1. The fraction of sp³-hybridized carbons (Fsp3) is 0.571. The molecule has 0 radical (unpaired) electrons. The molecular formula is C21H29N3O2S. The normalized spacial score (nSPS) is 20.9. The molecule has 1 spiro atoms. The van der Waals surface area contributed by atoms with Gasteiger partial charge in [-0.15, -0.1) is 11.3 Å². The maximum Gasteiger partial charge on any atom is 0.194 e. The minimum atomic E-state index is 0.263. The van der Waals surface area contributed by atoms with E-state index in [2.05, 4.69) is 34.7 Å². The van der Waals surface area contributed by atoms with E-state index in [0.717, 1.165) is 51.0 Å². The molecule has 0 amide bonds. The van der Waals surface area contributed by atoms with Gasteiger partial charge in [-0.3, -0.25) is 4.99 Å². The molecule has 1 unspecified atom stereocenters. The number of ether oxygens (including phenoxy) is 1. The quantitative estimate of drug-likeness (QED) is 0.620. The highest BCUT2D eigenvalue weighted by atomic mass is 32.1. The lowest BCUT2D eigenvalue weighted by Gasteiger charge is -2.34. The van der Waals surface area contributed by atoms with E-state index < -0.39 is 0 Å². The van der Waals surface area contributed by atoms with Crippen molar-refractivity contribution in [3.63, 3.8) is 0 Å². The van der Waals surface area contributed by atoms with Crippen molar-refractivity contribution in [3.05, 3.63) is 46.5 Å². The molecule has 2 aromatic heterocycles. The predicted octanol–water partition coefficient (Wildman–Crippen LogP) is 4.09. The van der Waals surface area contributed by atoms with Gasteiger partial charge < -0.3 is 19.4 Å². The number of furan rings is 1. The molecule has 2 fully saturated rings. The number of nitrogens with one attached hydrogen (secondary N) is 1. The Balaban J connectivity index is 1.45. The van der Waals surface area contributed by atoms with E-state index in [0.29, 0.717) is 5.41 Å². The van der Waals surface area contributed by atoms with Crippen molar-refractivity contribution in [2.75, 3.05) is 32.8 Å². The molecule has 0 aromatic carbocycles. The standard InChI is InChI=1S/C21H29N3O2S/c1-17(19-5-3-15-27-19)23-20(22-10-6-18-4-2-12-26-18)24-11-7-21(16-24)8-13-25-14-9-21/h2-5,12,15,17H,6-11,13-14,16H2,1H3,(H,22,23). The molecule has 0 bridgehead atoms. The van der Waals surface area contributed by atoms with Crippen molar-refractivity contribution >= 4 is 17.3 Å². The SMILES string of the molecule is CC(NC(=NCCc1ccco1)N1CCC2(CCOCC2)C1)c1cccs1. The Hall–Kier alpha value is -1.79. The number of thiophene rings is 1. The second-order valence-corrected chi connectivity index (χ2v) is 8.68. The molecule has 2 saturated heterocycles. The fourth-order valence-corrected chi connectivity index (χ4v) is 4.83. The fourth-order valence-electron chi connectivity index (χ4n) is 4.09. The molecular weight excluding hydrogens is 358 g/mol. The van der Waals surface area contributed by atoms with Crippen LogP contribution in [0.1, 0.15) is 42.9 Å². The van der Waals surface area contributed by atoms with Crippen molar-refractivity contribution < 1.29 is 9.15 Å². The molecule has 4 heterocycles. The minimum Gasteiger partial charge on any atom is -0.469 e. The summed E-state index contributed by atoms with van der Waals surface area (Å²) >= 11 is 1.79. The number of hydrogen-bond donors (Lipinski definition) is 1. The van der Waals surface area contributed by atoms with Gasteiger partial charge >= 0.3 is 0 Å². The third kappa shape index (κ3) is 4.55. The van der Waals surface area contributed by atoms with Gasteiger partial charge in [0.15, 0.2) is 5.96 Å². The largest absolute Gasteiger partial charge is 0.469 e. The van der Waals surface area contributed by atoms with E-state index in [-0.39, 0.29) is 6.04 Å². The van der Waals surface area contributed by atoms with Gasteiger partial charge in [-0.2, -0.15) is 0 Å². The number of hydrogen-bond acceptors (Lipinski definition) is 4. The zero-order valence-electron chi connectivity index (χ0n) is 16.0. The van der Waals surface area contributed by atoms with Crippen LogP contribution in [-0.2, 0) is 11.2 Å². The van der Waals surface area contributed by atoms with Crippen LogP contribution in [0.4, 0.5) is 0 Å². The zero-order chi connectivity index (χ0) is 18.5. The highest BCUT2D eigenvalue weighted by Gasteiger charge is 2.40. The van der Waals surface area contributed by atoms with Crippen LogP contribution in [0.25, 0.3) is 0 Å². The first kappa shape index (κ1) is 18.6. The molecule has 0 aliphatic carbocycles. The van der Waals surface area contributed by atoms with Crippen molar-refractivity contribution in [2.45, 2.75) is 38.6 Å².